The van der Waals surface area contributed by atoms with Gasteiger partial charge in [-0.3, -0.25) is 4.99 Å². The van der Waals surface area contributed by atoms with Gasteiger partial charge in [-0.1, -0.05) is 20.8 Å². The number of rotatable bonds is 6. The van der Waals surface area contributed by atoms with Gasteiger partial charge in [-0.15, -0.1) is 0 Å². The molecule has 0 aromatic carbocycles. The van der Waals surface area contributed by atoms with Crippen LogP contribution >= 0.6 is 0 Å². The van der Waals surface area contributed by atoms with Crippen molar-refractivity contribution >= 4 is 11.8 Å². The third kappa shape index (κ3) is 7.06. The first-order chi connectivity index (χ1) is 13.6. The van der Waals surface area contributed by atoms with Crippen LogP contribution in [0.25, 0.3) is 0 Å². The summed E-state index contributed by atoms with van der Waals surface area (Å²) < 4.78 is 45.0. The van der Waals surface area contributed by atoms with Gasteiger partial charge < -0.3 is 20.7 Å². The van der Waals surface area contributed by atoms with Crippen molar-refractivity contribution in [2.45, 2.75) is 45.9 Å². The molecule has 0 spiro atoms. The molecule has 1 aromatic rings. The van der Waals surface area contributed by atoms with E-state index in [2.05, 4.69) is 46.7 Å². The van der Waals surface area contributed by atoms with Gasteiger partial charge in [-0.2, -0.15) is 13.2 Å². The summed E-state index contributed by atoms with van der Waals surface area (Å²) in [5, 5.41) is 9.16. The molecule has 164 valence electrons. The van der Waals surface area contributed by atoms with Gasteiger partial charge in [0, 0.05) is 45.4 Å². The molecule has 29 heavy (non-hydrogen) atoms. The molecular formula is C20H32F3N5O. The molecule has 1 saturated heterocycles. The molecule has 1 aromatic heterocycles. The largest absolute Gasteiger partial charge is 0.419 e. The van der Waals surface area contributed by atoms with E-state index in [4.69, 9.17) is 4.74 Å². The molecule has 0 aliphatic carbocycles. The highest BCUT2D eigenvalue weighted by Gasteiger charge is 2.35. The second kappa shape index (κ2) is 10.1. The van der Waals surface area contributed by atoms with Crippen LogP contribution in [0.5, 0.6) is 0 Å². The monoisotopic (exact) mass is 415 g/mol. The predicted molar refractivity (Wildman–Crippen MR) is 109 cm³/mol. The lowest BCUT2D eigenvalue weighted by Crippen LogP contribution is -2.48. The number of guanidine groups is 1. The first-order valence-corrected chi connectivity index (χ1v) is 9.95. The third-order valence-electron chi connectivity index (χ3n) is 4.88. The number of nitrogens with zero attached hydrogens (tertiary/aromatic N) is 2. The molecule has 1 aliphatic rings. The van der Waals surface area contributed by atoms with E-state index < -0.39 is 11.7 Å². The molecule has 1 aliphatic heterocycles. The van der Waals surface area contributed by atoms with Crippen LogP contribution in [0.3, 0.4) is 0 Å². The Balaban J connectivity index is 1.80. The smallest absolute Gasteiger partial charge is 0.377 e. The minimum Gasteiger partial charge on any atom is -0.377 e. The lowest BCUT2D eigenvalue weighted by Gasteiger charge is -2.40. The van der Waals surface area contributed by atoms with Crippen LogP contribution in [0.1, 0.15) is 39.2 Å². The summed E-state index contributed by atoms with van der Waals surface area (Å²) in [5.41, 5.74) is -0.708. The lowest BCUT2D eigenvalue weighted by atomic mass is 9.78. The molecule has 2 unspecified atom stereocenters. The Bertz CT molecular complexity index is 673. The molecule has 6 nitrogen and oxygen atoms in total. The zero-order chi connectivity index (χ0) is 21.5. The van der Waals surface area contributed by atoms with Crippen molar-refractivity contribution < 1.29 is 17.9 Å². The molecule has 0 amide bonds. The van der Waals surface area contributed by atoms with E-state index in [-0.39, 0.29) is 23.9 Å². The molecule has 0 radical (unpaired) electrons. The van der Waals surface area contributed by atoms with Crippen LogP contribution in [0.2, 0.25) is 0 Å². The van der Waals surface area contributed by atoms with Gasteiger partial charge in [-0.05, 0) is 30.4 Å². The number of hydrogen-bond donors (Lipinski definition) is 3. The second-order valence-electron chi connectivity index (χ2n) is 8.26. The van der Waals surface area contributed by atoms with Gasteiger partial charge in [0.2, 0.25) is 0 Å². The number of halogens is 3. The maximum absolute atomic E-state index is 13.0. The van der Waals surface area contributed by atoms with E-state index in [0.717, 1.165) is 32.1 Å². The molecule has 3 N–H and O–H groups in total. The van der Waals surface area contributed by atoms with Gasteiger partial charge >= 0.3 is 6.18 Å². The van der Waals surface area contributed by atoms with Crippen LogP contribution in [0.15, 0.2) is 23.3 Å². The summed E-state index contributed by atoms with van der Waals surface area (Å²) >= 11 is 0. The van der Waals surface area contributed by atoms with Crippen molar-refractivity contribution in [2.75, 3.05) is 38.6 Å². The Morgan fingerprint density at radius 2 is 2.00 bits per heavy atom. The van der Waals surface area contributed by atoms with Crippen molar-refractivity contribution in [3.63, 3.8) is 0 Å². The molecule has 1 fully saturated rings. The van der Waals surface area contributed by atoms with Gasteiger partial charge in [0.25, 0.3) is 0 Å². The average molecular weight is 416 g/mol. The summed E-state index contributed by atoms with van der Waals surface area (Å²) in [7, 11) is 1.67. The van der Waals surface area contributed by atoms with Crippen molar-refractivity contribution in [1.82, 2.24) is 15.6 Å². The van der Waals surface area contributed by atoms with Crippen LogP contribution in [-0.4, -0.2) is 50.3 Å². The Morgan fingerprint density at radius 1 is 1.24 bits per heavy atom. The number of aromatic nitrogens is 1. The number of anilines is 1. The summed E-state index contributed by atoms with van der Waals surface area (Å²) in [5.74, 6) is 0.822. The fourth-order valence-corrected chi connectivity index (χ4v) is 3.59. The quantitative estimate of drug-likeness (QED) is 0.377. The van der Waals surface area contributed by atoms with E-state index in [0.29, 0.717) is 18.4 Å². The SMILES string of the molecule is CN=C(NCCNc1ncccc1C(F)(F)F)NCC1CCCOC1C(C)(C)C. The minimum absolute atomic E-state index is 0.0620. The van der Waals surface area contributed by atoms with Gasteiger partial charge in [0.1, 0.15) is 5.82 Å². The normalized spacial score (nSPS) is 21.0. The van der Waals surface area contributed by atoms with Crippen molar-refractivity contribution in [3.8, 4) is 0 Å². The second-order valence-corrected chi connectivity index (χ2v) is 8.26. The first-order valence-electron chi connectivity index (χ1n) is 9.95. The highest BCUT2D eigenvalue weighted by molar-refractivity contribution is 5.79. The van der Waals surface area contributed by atoms with Crippen molar-refractivity contribution in [1.29, 1.82) is 0 Å². The molecule has 0 bridgehead atoms. The van der Waals surface area contributed by atoms with Crippen molar-refractivity contribution in [3.05, 3.63) is 23.9 Å². The van der Waals surface area contributed by atoms with Crippen LogP contribution in [0.4, 0.5) is 19.0 Å². The molecule has 0 saturated carbocycles. The van der Waals surface area contributed by atoms with Crippen LogP contribution in [-0.2, 0) is 10.9 Å². The summed E-state index contributed by atoms with van der Waals surface area (Å²) in [6, 6.07) is 2.29. The Hall–Kier alpha value is -2.03. The minimum atomic E-state index is -4.44. The van der Waals surface area contributed by atoms with E-state index in [1.54, 1.807) is 7.05 Å². The third-order valence-corrected chi connectivity index (χ3v) is 4.88. The molecular weight excluding hydrogens is 383 g/mol. The topological polar surface area (TPSA) is 70.6 Å². The lowest BCUT2D eigenvalue weighted by molar-refractivity contribution is -0.137. The Kier molecular flexibility index (Phi) is 8.13. The fraction of sp³-hybridized carbons (Fsp3) is 0.700. The van der Waals surface area contributed by atoms with E-state index >= 15 is 0 Å². The molecule has 2 heterocycles. The highest BCUT2D eigenvalue weighted by atomic mass is 19.4. The fourth-order valence-electron chi connectivity index (χ4n) is 3.59. The van der Waals surface area contributed by atoms with Gasteiger partial charge in [-0.25, -0.2) is 4.98 Å². The maximum atomic E-state index is 13.0. The molecule has 9 heteroatoms. The molecule has 2 atom stereocenters. The Morgan fingerprint density at radius 3 is 2.66 bits per heavy atom. The summed E-state index contributed by atoms with van der Waals surface area (Å²) in [6.07, 6.45) is -0.793. The molecule has 2 rings (SSSR count). The average Bonchev–Trinajstić information content (AvgIpc) is 2.66. The van der Waals surface area contributed by atoms with E-state index in [1.165, 1.54) is 12.3 Å². The number of aliphatic imine (C=N–C) groups is 1. The van der Waals surface area contributed by atoms with Gasteiger partial charge in [0.15, 0.2) is 5.96 Å². The van der Waals surface area contributed by atoms with Gasteiger partial charge in [0.05, 0.1) is 11.7 Å². The van der Waals surface area contributed by atoms with Crippen LogP contribution in [0, 0.1) is 11.3 Å². The number of hydrogen-bond acceptors (Lipinski definition) is 4. The zero-order valence-electron chi connectivity index (χ0n) is 17.6. The number of ether oxygens (including phenoxy) is 1. The standard InChI is InChI=1S/C20H32F3N5O/c1-19(2,3)16-14(7-6-12-29-16)13-28-18(24-4)27-11-10-26-17-15(20(21,22)23)8-5-9-25-17/h5,8-9,14,16H,6-7,10-13H2,1-4H3,(H,25,26)(H2,24,27,28). The van der Waals surface area contributed by atoms with Crippen molar-refractivity contribution in [2.24, 2.45) is 16.3 Å². The summed E-state index contributed by atoms with van der Waals surface area (Å²) in [6.45, 7) is 8.75. The summed E-state index contributed by atoms with van der Waals surface area (Å²) in [4.78, 5) is 7.98. The van der Waals surface area contributed by atoms with E-state index in [9.17, 15) is 13.2 Å². The number of alkyl halides is 3. The Labute approximate surface area is 170 Å². The number of nitrogens with one attached hydrogen (secondary N) is 3. The predicted octanol–water partition coefficient (Wildman–Crippen LogP) is 3.52. The zero-order valence-corrected chi connectivity index (χ0v) is 17.6. The van der Waals surface area contributed by atoms with E-state index in [1.807, 2.05) is 0 Å². The first kappa shape index (κ1) is 23.3. The number of pyridine rings is 1. The highest BCUT2D eigenvalue weighted by Crippen LogP contribution is 2.34. The maximum Gasteiger partial charge on any atom is 0.419 e. The van der Waals surface area contributed by atoms with Crippen LogP contribution < -0.4 is 16.0 Å².